The zero-order chi connectivity index (χ0) is 25.1. The van der Waals surface area contributed by atoms with Gasteiger partial charge in [-0.15, -0.1) is 0 Å². The Bertz CT molecular complexity index is 741. The molecule has 5 amide bonds. The van der Waals surface area contributed by atoms with E-state index in [0.717, 1.165) is 25.7 Å². The normalized spacial score (nSPS) is 18.9. The number of esters is 1. The quantitative estimate of drug-likeness (QED) is 0.216. The van der Waals surface area contributed by atoms with Gasteiger partial charge in [0, 0.05) is 19.3 Å². The number of hydrogen-bond acceptors (Lipinski definition) is 7. The average Bonchev–Trinajstić information content (AvgIpc) is 3.25. The van der Waals surface area contributed by atoms with Crippen molar-refractivity contribution in [2.75, 3.05) is 26.3 Å². The first kappa shape index (κ1) is 27.4. The van der Waals surface area contributed by atoms with Crippen LogP contribution in [0.15, 0.2) is 5.10 Å². The molecule has 0 aromatic rings. The first-order valence-corrected chi connectivity index (χ1v) is 11.8. The van der Waals surface area contributed by atoms with E-state index >= 15 is 0 Å². The van der Waals surface area contributed by atoms with E-state index in [4.69, 9.17) is 15.2 Å². The molecule has 5 N–H and O–H groups in total. The average molecular weight is 483 g/mol. The second-order valence-electron chi connectivity index (χ2n) is 9.65. The molecule has 2 atom stereocenters. The molecule has 34 heavy (non-hydrogen) atoms. The maximum absolute atomic E-state index is 13.2. The van der Waals surface area contributed by atoms with Crippen LogP contribution in [-0.2, 0) is 19.1 Å². The monoisotopic (exact) mass is 482 g/mol. The van der Waals surface area contributed by atoms with Crippen LogP contribution in [0.1, 0.15) is 59.3 Å². The third kappa shape index (κ3) is 10.4. The molecule has 12 heteroatoms. The lowest BCUT2D eigenvalue weighted by Gasteiger charge is -2.30. The van der Waals surface area contributed by atoms with Crippen molar-refractivity contribution in [1.82, 2.24) is 21.0 Å². The highest BCUT2D eigenvalue weighted by atomic mass is 16.6. The van der Waals surface area contributed by atoms with E-state index in [2.05, 4.69) is 21.2 Å². The van der Waals surface area contributed by atoms with E-state index in [1.807, 2.05) is 0 Å². The van der Waals surface area contributed by atoms with Gasteiger partial charge in [0.2, 0.25) is 5.91 Å². The molecule has 192 valence electrons. The summed E-state index contributed by atoms with van der Waals surface area (Å²) in [6, 6.07) is -2.86. The largest absolute Gasteiger partial charge is 0.460 e. The highest BCUT2D eigenvalue weighted by Crippen LogP contribution is 2.28. The number of carbonyl (C=O) groups excluding carboxylic acids is 4. The minimum Gasteiger partial charge on any atom is -0.460 e. The van der Waals surface area contributed by atoms with Gasteiger partial charge in [-0.25, -0.2) is 15.0 Å². The Labute approximate surface area is 200 Å². The Morgan fingerprint density at radius 1 is 1.15 bits per heavy atom. The maximum Gasteiger partial charge on any atom is 0.332 e. The molecule has 2 aliphatic rings. The summed E-state index contributed by atoms with van der Waals surface area (Å²) in [4.78, 5) is 50.9. The highest BCUT2D eigenvalue weighted by molar-refractivity contribution is 5.90. The fraction of sp³-hybridized carbons (Fsp3) is 0.773. The molecule has 12 nitrogen and oxygen atoms in total. The number of hydrogen-bond donors (Lipinski definition) is 4. The first-order chi connectivity index (χ1) is 16.0. The van der Waals surface area contributed by atoms with Crippen LogP contribution < -0.4 is 21.8 Å². The Morgan fingerprint density at radius 3 is 2.38 bits per heavy atom. The van der Waals surface area contributed by atoms with Crippen molar-refractivity contribution in [2.45, 2.75) is 77.0 Å². The summed E-state index contributed by atoms with van der Waals surface area (Å²) in [6.45, 7) is 7.02. The minimum atomic E-state index is -0.879. The van der Waals surface area contributed by atoms with Gasteiger partial charge < -0.3 is 30.7 Å². The molecular formula is C22H38N6O6. The van der Waals surface area contributed by atoms with Gasteiger partial charge in [-0.05, 0) is 33.1 Å². The molecular weight excluding hydrogens is 444 g/mol. The molecule has 0 bridgehead atoms. The van der Waals surface area contributed by atoms with E-state index < -0.39 is 35.6 Å². The third-order valence-corrected chi connectivity index (χ3v) is 5.52. The van der Waals surface area contributed by atoms with E-state index in [1.54, 1.807) is 25.7 Å². The summed E-state index contributed by atoms with van der Waals surface area (Å²) < 4.78 is 10.6. The summed E-state index contributed by atoms with van der Waals surface area (Å²) in [7, 11) is 0. The number of nitrogens with zero attached hydrogens (tertiary/aromatic N) is 2. The minimum absolute atomic E-state index is 0.208. The van der Waals surface area contributed by atoms with Gasteiger partial charge in [0.1, 0.15) is 11.6 Å². The van der Waals surface area contributed by atoms with Crippen LogP contribution >= 0.6 is 0 Å². The van der Waals surface area contributed by atoms with Crippen molar-refractivity contribution >= 4 is 30.2 Å². The molecule has 1 aliphatic heterocycles. The van der Waals surface area contributed by atoms with Gasteiger partial charge in [0.25, 0.3) is 0 Å². The van der Waals surface area contributed by atoms with E-state index in [-0.39, 0.29) is 12.5 Å². The number of nitrogens with one attached hydrogen (secondary N) is 3. The van der Waals surface area contributed by atoms with Crippen LogP contribution in [0.25, 0.3) is 0 Å². The Hall–Kier alpha value is -2.89. The standard InChI is InChI=1S/C22H38N6O6/c1-22(2,3)34-18(29)13-16(14-24-27-20(23)31)25-19(30)17(12-15-6-4-5-7-15)26-21(32)28-8-10-33-11-9-28/h14-17H,4-13H2,1-3H3,(H,25,30)(H,26,32)(H3,23,27,31)/b24-14+/t16-,17-/m0/s1. The number of rotatable bonds is 9. The maximum atomic E-state index is 13.2. The van der Waals surface area contributed by atoms with Crippen LogP contribution in [0.4, 0.5) is 9.59 Å². The van der Waals surface area contributed by atoms with Crippen LogP contribution in [0.3, 0.4) is 0 Å². The summed E-state index contributed by atoms with van der Waals surface area (Å²) >= 11 is 0. The predicted octanol–water partition coefficient (Wildman–Crippen LogP) is 0.848. The number of ether oxygens (including phenoxy) is 2. The van der Waals surface area contributed by atoms with Crippen molar-refractivity contribution in [1.29, 1.82) is 0 Å². The van der Waals surface area contributed by atoms with Gasteiger partial charge >= 0.3 is 18.0 Å². The molecule has 1 saturated heterocycles. The molecule has 0 aromatic heterocycles. The van der Waals surface area contributed by atoms with Crippen molar-refractivity contribution in [3.8, 4) is 0 Å². The summed E-state index contributed by atoms with van der Waals surface area (Å²) in [5.41, 5.74) is 6.37. The van der Waals surface area contributed by atoms with Gasteiger partial charge in [0.15, 0.2) is 0 Å². The lowest BCUT2D eigenvalue weighted by Crippen LogP contribution is -2.55. The molecule has 0 aromatic carbocycles. The number of amides is 5. The van der Waals surface area contributed by atoms with Crippen molar-refractivity contribution in [2.24, 2.45) is 16.8 Å². The van der Waals surface area contributed by atoms with Gasteiger partial charge in [-0.3, -0.25) is 9.59 Å². The summed E-state index contributed by atoms with van der Waals surface area (Å²) in [5.74, 6) is -0.657. The van der Waals surface area contributed by atoms with Crippen LogP contribution in [0.5, 0.6) is 0 Å². The Balaban J connectivity index is 2.09. The Kier molecular flexibility index (Phi) is 10.6. The van der Waals surface area contributed by atoms with Crippen molar-refractivity contribution in [3.05, 3.63) is 0 Å². The number of morpholine rings is 1. The predicted molar refractivity (Wildman–Crippen MR) is 125 cm³/mol. The molecule has 1 aliphatic carbocycles. The molecule has 2 rings (SSSR count). The zero-order valence-corrected chi connectivity index (χ0v) is 20.3. The molecule has 0 spiro atoms. The lowest BCUT2D eigenvalue weighted by atomic mass is 9.97. The number of nitrogens with two attached hydrogens (primary N) is 1. The second kappa shape index (κ2) is 13.1. The highest BCUT2D eigenvalue weighted by Gasteiger charge is 2.30. The fourth-order valence-electron chi connectivity index (χ4n) is 4.00. The van der Waals surface area contributed by atoms with Gasteiger partial charge in [-0.2, -0.15) is 5.10 Å². The van der Waals surface area contributed by atoms with E-state index in [1.165, 1.54) is 6.21 Å². The molecule has 0 radical (unpaired) electrons. The SMILES string of the molecule is CC(C)(C)OC(=O)C[C@@H](/C=N/NC(N)=O)NC(=O)[C@H](CC1CCCC1)NC(=O)N1CCOCC1. The van der Waals surface area contributed by atoms with Crippen LogP contribution in [-0.4, -0.2) is 79.0 Å². The Morgan fingerprint density at radius 2 is 1.79 bits per heavy atom. The topological polar surface area (TPSA) is 164 Å². The number of hydrazone groups is 1. The van der Waals surface area contributed by atoms with Crippen LogP contribution in [0.2, 0.25) is 0 Å². The summed E-state index contributed by atoms with van der Waals surface area (Å²) in [5, 5.41) is 9.29. The van der Waals surface area contributed by atoms with Crippen molar-refractivity contribution < 1.29 is 28.7 Å². The molecule has 1 saturated carbocycles. The second-order valence-corrected chi connectivity index (χ2v) is 9.65. The number of urea groups is 2. The zero-order valence-electron chi connectivity index (χ0n) is 20.3. The van der Waals surface area contributed by atoms with Crippen LogP contribution in [0, 0.1) is 5.92 Å². The first-order valence-electron chi connectivity index (χ1n) is 11.8. The molecule has 0 unspecified atom stereocenters. The third-order valence-electron chi connectivity index (χ3n) is 5.52. The van der Waals surface area contributed by atoms with Gasteiger partial charge in [-0.1, -0.05) is 25.7 Å². The molecule has 2 fully saturated rings. The lowest BCUT2D eigenvalue weighted by molar-refractivity contribution is -0.155. The smallest absolute Gasteiger partial charge is 0.332 e. The summed E-state index contributed by atoms with van der Waals surface area (Å²) in [6.07, 6.45) is 5.71. The van der Waals surface area contributed by atoms with Gasteiger partial charge in [0.05, 0.1) is 25.7 Å². The number of primary amides is 1. The molecule has 1 heterocycles. The van der Waals surface area contributed by atoms with E-state index in [0.29, 0.717) is 38.6 Å². The van der Waals surface area contributed by atoms with E-state index in [9.17, 15) is 19.2 Å². The number of carbonyl (C=O) groups is 4. The van der Waals surface area contributed by atoms with Crippen molar-refractivity contribution in [3.63, 3.8) is 0 Å². The fourth-order valence-corrected chi connectivity index (χ4v) is 4.00.